The fraction of sp³-hybridized carbons (Fsp3) is 0.500. The molecule has 2 atom stereocenters. The predicted octanol–water partition coefficient (Wildman–Crippen LogP) is 3.14. The van der Waals surface area contributed by atoms with Gasteiger partial charge in [0.25, 0.3) is 0 Å². The molecule has 1 aromatic rings. The normalized spacial score (nSPS) is 22.3. The van der Waals surface area contributed by atoms with Crippen molar-refractivity contribution in [2.24, 2.45) is 5.73 Å². The number of halogens is 2. The van der Waals surface area contributed by atoms with E-state index in [1.165, 1.54) is 12.8 Å². The highest BCUT2D eigenvalue weighted by atomic mass is 35.5. The number of nitrogens with one attached hydrogen (secondary N) is 1. The van der Waals surface area contributed by atoms with Gasteiger partial charge in [0.15, 0.2) is 0 Å². The summed E-state index contributed by atoms with van der Waals surface area (Å²) in [6.07, 6.45) is 3.42. The van der Waals surface area contributed by atoms with Crippen molar-refractivity contribution in [2.45, 2.75) is 31.3 Å². The van der Waals surface area contributed by atoms with E-state index in [4.69, 9.17) is 28.9 Å². The van der Waals surface area contributed by atoms with Crippen molar-refractivity contribution in [1.82, 2.24) is 5.32 Å². The first-order chi connectivity index (χ1) is 7.66. The number of hydrogen-bond donors (Lipinski definition) is 2. The minimum absolute atomic E-state index is 0.0327. The molecule has 16 heavy (non-hydrogen) atoms. The second-order valence-electron chi connectivity index (χ2n) is 4.31. The van der Waals surface area contributed by atoms with Crippen LogP contribution in [0.25, 0.3) is 0 Å². The standard InChI is InChI=1S/C12H16Cl2N2/c13-10-4-3-8(6-11(10)14)12(15)7-9-2-1-5-16-9/h3-4,6,9,12,16H,1-2,5,7,15H2. The number of hydrogen-bond acceptors (Lipinski definition) is 2. The molecule has 2 rings (SSSR count). The van der Waals surface area contributed by atoms with E-state index in [0.29, 0.717) is 16.1 Å². The SMILES string of the molecule is NC(CC1CCCN1)c1ccc(Cl)c(Cl)c1. The Hall–Kier alpha value is -0.280. The summed E-state index contributed by atoms with van der Waals surface area (Å²) in [6.45, 7) is 1.11. The highest BCUT2D eigenvalue weighted by molar-refractivity contribution is 6.42. The smallest absolute Gasteiger partial charge is 0.0595 e. The molecule has 0 radical (unpaired) electrons. The van der Waals surface area contributed by atoms with Crippen molar-refractivity contribution < 1.29 is 0 Å². The molecule has 88 valence electrons. The second kappa shape index (κ2) is 5.37. The molecule has 3 N–H and O–H groups in total. The molecule has 1 aromatic carbocycles. The quantitative estimate of drug-likeness (QED) is 0.875. The summed E-state index contributed by atoms with van der Waals surface area (Å²) < 4.78 is 0. The maximum Gasteiger partial charge on any atom is 0.0595 e. The molecule has 1 heterocycles. The lowest BCUT2D eigenvalue weighted by atomic mass is 9.99. The van der Waals surface area contributed by atoms with Crippen LogP contribution in [0.2, 0.25) is 10.0 Å². The van der Waals surface area contributed by atoms with Gasteiger partial charge < -0.3 is 11.1 Å². The zero-order valence-electron chi connectivity index (χ0n) is 9.05. The van der Waals surface area contributed by atoms with Crippen LogP contribution in [0.4, 0.5) is 0 Å². The number of nitrogens with two attached hydrogens (primary N) is 1. The van der Waals surface area contributed by atoms with E-state index >= 15 is 0 Å². The number of rotatable bonds is 3. The molecule has 1 aliphatic rings. The van der Waals surface area contributed by atoms with Gasteiger partial charge in [-0.15, -0.1) is 0 Å². The third-order valence-corrected chi connectivity index (χ3v) is 3.81. The van der Waals surface area contributed by atoms with Crippen molar-refractivity contribution in [3.63, 3.8) is 0 Å². The highest BCUT2D eigenvalue weighted by Gasteiger charge is 2.18. The molecule has 2 unspecified atom stereocenters. The topological polar surface area (TPSA) is 38.0 Å². The van der Waals surface area contributed by atoms with Crippen molar-refractivity contribution >= 4 is 23.2 Å². The van der Waals surface area contributed by atoms with Crippen LogP contribution >= 0.6 is 23.2 Å². The van der Waals surface area contributed by atoms with E-state index < -0.39 is 0 Å². The molecule has 1 saturated heterocycles. The monoisotopic (exact) mass is 258 g/mol. The molecule has 0 amide bonds. The highest BCUT2D eigenvalue weighted by Crippen LogP contribution is 2.27. The fourth-order valence-electron chi connectivity index (χ4n) is 2.14. The molecule has 0 saturated carbocycles. The molecule has 0 aliphatic carbocycles. The van der Waals surface area contributed by atoms with Crippen LogP contribution in [-0.2, 0) is 0 Å². The van der Waals surface area contributed by atoms with Gasteiger partial charge in [-0.1, -0.05) is 29.3 Å². The van der Waals surface area contributed by atoms with Gasteiger partial charge in [-0.25, -0.2) is 0 Å². The predicted molar refractivity (Wildman–Crippen MR) is 69.0 cm³/mol. The lowest BCUT2D eigenvalue weighted by Gasteiger charge is -2.17. The van der Waals surface area contributed by atoms with Crippen LogP contribution in [0.5, 0.6) is 0 Å². The summed E-state index contributed by atoms with van der Waals surface area (Å²) in [4.78, 5) is 0. The largest absolute Gasteiger partial charge is 0.324 e. The minimum atomic E-state index is 0.0327. The molecule has 0 aromatic heterocycles. The van der Waals surface area contributed by atoms with Crippen molar-refractivity contribution in [2.75, 3.05) is 6.54 Å². The average Bonchev–Trinajstić information content (AvgIpc) is 2.74. The van der Waals surface area contributed by atoms with Crippen molar-refractivity contribution in [1.29, 1.82) is 0 Å². The van der Waals surface area contributed by atoms with Gasteiger partial charge in [-0.05, 0) is 43.5 Å². The molecule has 4 heteroatoms. The third-order valence-electron chi connectivity index (χ3n) is 3.07. The van der Waals surface area contributed by atoms with Gasteiger partial charge in [0.05, 0.1) is 10.0 Å². The van der Waals surface area contributed by atoms with Gasteiger partial charge in [-0.2, -0.15) is 0 Å². The Morgan fingerprint density at radius 3 is 2.81 bits per heavy atom. The van der Waals surface area contributed by atoms with Crippen LogP contribution in [0, 0.1) is 0 Å². The van der Waals surface area contributed by atoms with E-state index in [9.17, 15) is 0 Å². The zero-order chi connectivity index (χ0) is 11.5. The van der Waals surface area contributed by atoms with Crippen LogP contribution in [0.3, 0.4) is 0 Å². The Morgan fingerprint density at radius 2 is 2.19 bits per heavy atom. The molecular formula is C12H16Cl2N2. The molecule has 2 nitrogen and oxygen atoms in total. The van der Waals surface area contributed by atoms with Gasteiger partial charge in [0.1, 0.15) is 0 Å². The molecule has 1 aliphatic heterocycles. The van der Waals surface area contributed by atoms with Crippen LogP contribution in [0.1, 0.15) is 30.9 Å². The molecule has 1 fully saturated rings. The van der Waals surface area contributed by atoms with Gasteiger partial charge >= 0.3 is 0 Å². The summed E-state index contributed by atoms with van der Waals surface area (Å²) in [5, 5.41) is 4.60. The van der Waals surface area contributed by atoms with E-state index in [1.807, 2.05) is 12.1 Å². The Morgan fingerprint density at radius 1 is 1.38 bits per heavy atom. The van der Waals surface area contributed by atoms with Crippen LogP contribution < -0.4 is 11.1 Å². The molecular weight excluding hydrogens is 243 g/mol. The van der Waals surface area contributed by atoms with E-state index in [1.54, 1.807) is 6.07 Å². The van der Waals surface area contributed by atoms with Gasteiger partial charge in [0.2, 0.25) is 0 Å². The number of benzene rings is 1. The Balaban J connectivity index is 2.02. The van der Waals surface area contributed by atoms with E-state index in [-0.39, 0.29) is 6.04 Å². The van der Waals surface area contributed by atoms with Gasteiger partial charge in [0, 0.05) is 12.1 Å². The van der Waals surface area contributed by atoms with Crippen LogP contribution in [0.15, 0.2) is 18.2 Å². The molecule has 0 spiro atoms. The summed E-state index contributed by atoms with van der Waals surface area (Å²) in [7, 11) is 0. The minimum Gasteiger partial charge on any atom is -0.324 e. The Kier molecular flexibility index (Phi) is 4.09. The summed E-state index contributed by atoms with van der Waals surface area (Å²) in [5.74, 6) is 0. The lowest BCUT2D eigenvalue weighted by Crippen LogP contribution is -2.26. The summed E-state index contributed by atoms with van der Waals surface area (Å²) in [6, 6.07) is 6.20. The lowest BCUT2D eigenvalue weighted by molar-refractivity contribution is 0.499. The first-order valence-corrected chi connectivity index (χ1v) is 6.36. The average molecular weight is 259 g/mol. The maximum absolute atomic E-state index is 6.15. The zero-order valence-corrected chi connectivity index (χ0v) is 10.6. The van der Waals surface area contributed by atoms with Crippen molar-refractivity contribution in [3.05, 3.63) is 33.8 Å². The first-order valence-electron chi connectivity index (χ1n) is 5.60. The Bertz CT molecular complexity index is 362. The summed E-state index contributed by atoms with van der Waals surface area (Å²) >= 11 is 11.8. The third kappa shape index (κ3) is 2.89. The maximum atomic E-state index is 6.15. The second-order valence-corrected chi connectivity index (χ2v) is 5.12. The fourth-order valence-corrected chi connectivity index (χ4v) is 2.45. The Labute approximate surface area is 106 Å². The molecule has 0 bridgehead atoms. The first kappa shape index (κ1) is 12.2. The van der Waals surface area contributed by atoms with E-state index in [2.05, 4.69) is 5.32 Å². The van der Waals surface area contributed by atoms with E-state index in [0.717, 1.165) is 18.5 Å². The summed E-state index contributed by atoms with van der Waals surface area (Å²) in [5.41, 5.74) is 7.21. The van der Waals surface area contributed by atoms with Crippen molar-refractivity contribution in [3.8, 4) is 0 Å². The van der Waals surface area contributed by atoms with Crippen LogP contribution in [-0.4, -0.2) is 12.6 Å². The van der Waals surface area contributed by atoms with Gasteiger partial charge in [-0.3, -0.25) is 0 Å².